The second kappa shape index (κ2) is 12.9. The predicted molar refractivity (Wildman–Crippen MR) is 145 cm³/mol. The summed E-state index contributed by atoms with van der Waals surface area (Å²) in [6.45, 7) is 12.8. The maximum absolute atomic E-state index is 13.6. The molecular formula is C29H40N4O2. The smallest absolute Gasteiger partial charge is 0.255 e. The van der Waals surface area contributed by atoms with Gasteiger partial charge in [0.25, 0.3) is 5.56 Å². The highest BCUT2D eigenvalue weighted by Crippen LogP contribution is 2.25. The maximum atomic E-state index is 13.6. The first-order valence-electron chi connectivity index (χ1n) is 13.2. The Morgan fingerprint density at radius 1 is 0.914 bits per heavy atom. The number of pyridine rings is 1. The molecule has 1 aliphatic heterocycles. The molecule has 1 aliphatic rings. The van der Waals surface area contributed by atoms with E-state index in [1.54, 1.807) is 0 Å². The minimum Gasteiger partial charge on any atom is -0.457 e. The topological polar surface area (TPSA) is 49.7 Å². The Balaban J connectivity index is 1.57. The zero-order valence-corrected chi connectivity index (χ0v) is 21.3. The van der Waals surface area contributed by atoms with Gasteiger partial charge in [-0.15, -0.1) is 0 Å². The van der Waals surface area contributed by atoms with Gasteiger partial charge in [0.05, 0.1) is 5.52 Å². The van der Waals surface area contributed by atoms with Crippen molar-refractivity contribution in [3.8, 4) is 11.5 Å². The molecular weight excluding hydrogens is 436 g/mol. The fraction of sp³-hybridized carbons (Fsp3) is 0.483. The Morgan fingerprint density at radius 2 is 1.69 bits per heavy atom. The van der Waals surface area contributed by atoms with Crippen molar-refractivity contribution in [3.63, 3.8) is 0 Å². The lowest BCUT2D eigenvalue weighted by Crippen LogP contribution is -2.36. The van der Waals surface area contributed by atoms with Crippen molar-refractivity contribution in [1.29, 1.82) is 0 Å². The number of benzene rings is 2. The number of ether oxygens (including phenoxy) is 1. The monoisotopic (exact) mass is 476 g/mol. The fourth-order valence-electron chi connectivity index (χ4n) is 4.87. The number of hydrogen-bond acceptors (Lipinski definition) is 5. The molecule has 0 amide bonds. The standard InChI is InChI=1S/C29H40N4O2/c1-3-31(4-2)18-15-30-23-25-21-24-13-14-27(35-26-11-7-5-8-12-26)22-28(24)33(29(25)34)20-19-32-16-9-6-10-17-32/h5,7-8,11-14,21-22,30H,3-4,6,9-10,15-20,23H2,1-2H3. The van der Waals surface area contributed by atoms with E-state index in [0.717, 1.165) is 73.8 Å². The summed E-state index contributed by atoms with van der Waals surface area (Å²) in [5.41, 5.74) is 1.86. The van der Waals surface area contributed by atoms with E-state index >= 15 is 0 Å². The van der Waals surface area contributed by atoms with Crippen LogP contribution in [0, 0.1) is 0 Å². The lowest BCUT2D eigenvalue weighted by Gasteiger charge is -2.27. The van der Waals surface area contributed by atoms with Gasteiger partial charge in [0, 0.05) is 44.4 Å². The van der Waals surface area contributed by atoms with Crippen LogP contribution in [0.15, 0.2) is 59.4 Å². The molecule has 6 nitrogen and oxygen atoms in total. The molecule has 0 saturated carbocycles. The molecule has 4 rings (SSSR count). The van der Waals surface area contributed by atoms with Gasteiger partial charge in [-0.1, -0.05) is 38.5 Å². The predicted octanol–water partition coefficient (Wildman–Crippen LogP) is 4.71. The van der Waals surface area contributed by atoms with Gasteiger partial charge < -0.3 is 24.4 Å². The lowest BCUT2D eigenvalue weighted by atomic mass is 10.1. The Bertz CT molecular complexity index is 1120. The molecule has 2 aromatic carbocycles. The molecule has 0 aliphatic carbocycles. The van der Waals surface area contributed by atoms with Gasteiger partial charge in [0.2, 0.25) is 0 Å². The molecule has 0 spiro atoms. The van der Waals surface area contributed by atoms with E-state index < -0.39 is 0 Å². The number of nitrogens with zero attached hydrogens (tertiary/aromatic N) is 3. The summed E-state index contributed by atoms with van der Waals surface area (Å²) >= 11 is 0. The number of likely N-dealkylation sites (N-methyl/N-ethyl adjacent to an activating group) is 1. The van der Waals surface area contributed by atoms with Gasteiger partial charge in [-0.25, -0.2) is 0 Å². The molecule has 0 bridgehead atoms. The van der Waals surface area contributed by atoms with E-state index in [1.165, 1.54) is 19.3 Å². The molecule has 0 unspecified atom stereocenters. The molecule has 3 aromatic rings. The van der Waals surface area contributed by atoms with Crippen molar-refractivity contribution in [2.75, 3.05) is 45.8 Å². The molecule has 6 heteroatoms. The van der Waals surface area contributed by atoms with Gasteiger partial charge in [0.1, 0.15) is 11.5 Å². The third-order valence-electron chi connectivity index (χ3n) is 7.02. The normalized spacial score (nSPS) is 14.6. The van der Waals surface area contributed by atoms with E-state index in [0.29, 0.717) is 13.1 Å². The third kappa shape index (κ3) is 6.94. The lowest BCUT2D eigenvalue weighted by molar-refractivity contribution is 0.221. The van der Waals surface area contributed by atoms with Crippen LogP contribution >= 0.6 is 0 Å². The van der Waals surface area contributed by atoms with Crippen LogP contribution in [0.5, 0.6) is 11.5 Å². The van der Waals surface area contributed by atoms with Crippen LogP contribution in [-0.2, 0) is 13.1 Å². The van der Waals surface area contributed by atoms with E-state index in [2.05, 4.69) is 35.0 Å². The summed E-state index contributed by atoms with van der Waals surface area (Å²) in [5.74, 6) is 1.54. The zero-order chi connectivity index (χ0) is 24.5. The molecule has 0 radical (unpaired) electrons. The summed E-state index contributed by atoms with van der Waals surface area (Å²) in [7, 11) is 0. The van der Waals surface area contributed by atoms with Crippen molar-refractivity contribution >= 4 is 10.9 Å². The molecule has 35 heavy (non-hydrogen) atoms. The Hall–Kier alpha value is -2.67. The number of fused-ring (bicyclic) bond motifs is 1. The Morgan fingerprint density at radius 3 is 2.43 bits per heavy atom. The molecule has 2 heterocycles. The van der Waals surface area contributed by atoms with Gasteiger partial charge in [0.15, 0.2) is 0 Å². The van der Waals surface area contributed by atoms with Crippen molar-refractivity contribution in [1.82, 2.24) is 19.7 Å². The van der Waals surface area contributed by atoms with E-state index in [9.17, 15) is 4.79 Å². The molecule has 1 N–H and O–H groups in total. The Kier molecular flexibility index (Phi) is 9.35. The number of nitrogens with one attached hydrogen (secondary N) is 1. The van der Waals surface area contributed by atoms with Gasteiger partial charge in [-0.05, 0) is 74.7 Å². The third-order valence-corrected chi connectivity index (χ3v) is 7.02. The highest BCUT2D eigenvalue weighted by molar-refractivity contribution is 5.81. The van der Waals surface area contributed by atoms with E-state index in [4.69, 9.17) is 4.74 Å². The van der Waals surface area contributed by atoms with E-state index in [1.807, 2.05) is 53.1 Å². The number of rotatable bonds is 12. The molecule has 1 saturated heterocycles. The number of likely N-dealkylation sites (tertiary alicyclic amines) is 1. The second-order valence-electron chi connectivity index (χ2n) is 9.37. The minimum atomic E-state index is 0.0988. The molecule has 1 aromatic heterocycles. The van der Waals surface area contributed by atoms with E-state index in [-0.39, 0.29) is 5.56 Å². The van der Waals surface area contributed by atoms with Crippen LogP contribution in [-0.4, -0.2) is 60.2 Å². The molecule has 0 atom stereocenters. The van der Waals surface area contributed by atoms with Crippen molar-refractivity contribution in [3.05, 3.63) is 70.5 Å². The van der Waals surface area contributed by atoms with Crippen molar-refractivity contribution in [2.45, 2.75) is 46.2 Å². The highest BCUT2D eigenvalue weighted by Gasteiger charge is 2.14. The van der Waals surface area contributed by atoms with Crippen LogP contribution in [0.25, 0.3) is 10.9 Å². The number of aromatic nitrogens is 1. The Labute approximate surface area is 209 Å². The summed E-state index contributed by atoms with van der Waals surface area (Å²) in [5, 5.41) is 4.57. The SMILES string of the molecule is CCN(CC)CCNCc1cc2ccc(Oc3ccccc3)cc2n(CCN2CCCCC2)c1=O. The van der Waals surface area contributed by atoms with Gasteiger partial charge >= 0.3 is 0 Å². The van der Waals surface area contributed by atoms with Crippen molar-refractivity contribution in [2.24, 2.45) is 0 Å². The second-order valence-corrected chi connectivity index (χ2v) is 9.37. The number of hydrogen-bond donors (Lipinski definition) is 1. The van der Waals surface area contributed by atoms with Crippen LogP contribution in [0.2, 0.25) is 0 Å². The summed E-state index contributed by atoms with van der Waals surface area (Å²) in [6.07, 6.45) is 3.82. The van der Waals surface area contributed by atoms with Crippen molar-refractivity contribution < 1.29 is 4.74 Å². The van der Waals surface area contributed by atoms with Crippen LogP contribution in [0.1, 0.15) is 38.7 Å². The average molecular weight is 477 g/mol. The first-order valence-corrected chi connectivity index (χ1v) is 13.2. The highest BCUT2D eigenvalue weighted by atomic mass is 16.5. The average Bonchev–Trinajstić information content (AvgIpc) is 2.90. The molecule has 1 fully saturated rings. The van der Waals surface area contributed by atoms with Crippen LogP contribution in [0.3, 0.4) is 0 Å². The van der Waals surface area contributed by atoms with Crippen LogP contribution in [0.4, 0.5) is 0 Å². The fourth-order valence-corrected chi connectivity index (χ4v) is 4.87. The number of para-hydroxylation sites is 1. The maximum Gasteiger partial charge on any atom is 0.255 e. The minimum absolute atomic E-state index is 0.0988. The van der Waals surface area contributed by atoms with Crippen LogP contribution < -0.4 is 15.6 Å². The first kappa shape index (κ1) is 25.4. The largest absolute Gasteiger partial charge is 0.457 e. The van der Waals surface area contributed by atoms with Gasteiger partial charge in [-0.2, -0.15) is 0 Å². The summed E-state index contributed by atoms with van der Waals surface area (Å²) < 4.78 is 8.05. The molecule has 188 valence electrons. The summed E-state index contributed by atoms with van der Waals surface area (Å²) in [4.78, 5) is 18.5. The summed E-state index contributed by atoms with van der Waals surface area (Å²) in [6, 6.07) is 17.9. The quantitative estimate of drug-likeness (QED) is 0.384. The van der Waals surface area contributed by atoms with Gasteiger partial charge in [-0.3, -0.25) is 4.79 Å². The number of piperidine rings is 1. The first-order chi connectivity index (χ1) is 17.2. The zero-order valence-electron chi connectivity index (χ0n) is 21.3.